The summed E-state index contributed by atoms with van der Waals surface area (Å²) >= 11 is 0. The fourth-order valence-corrected chi connectivity index (χ4v) is 4.00. The van der Waals surface area contributed by atoms with Gasteiger partial charge >= 0.3 is 0 Å². The van der Waals surface area contributed by atoms with Crippen molar-refractivity contribution in [3.63, 3.8) is 0 Å². The summed E-state index contributed by atoms with van der Waals surface area (Å²) in [4.78, 5) is 0. The predicted octanol–water partition coefficient (Wildman–Crippen LogP) is 20.7. The van der Waals surface area contributed by atoms with Crippen LogP contribution < -0.4 is 0 Å². The molecule has 0 aromatic heterocycles. The molecular formula is C48H112. The van der Waals surface area contributed by atoms with Gasteiger partial charge in [-0.3, -0.25) is 0 Å². The minimum absolute atomic E-state index is 1.36. The van der Waals surface area contributed by atoms with Gasteiger partial charge in [0, 0.05) is 0 Å². The summed E-state index contributed by atoms with van der Waals surface area (Å²) in [5.41, 5.74) is 0. The Bertz CT molecular complexity index is 192. The van der Waals surface area contributed by atoms with E-state index in [2.05, 4.69) is 111 Å². The van der Waals surface area contributed by atoms with Gasteiger partial charge in [-0.25, -0.2) is 0 Å². The number of hydrogen-bond donors (Lipinski definition) is 0. The molecule has 304 valence electrons. The van der Waals surface area contributed by atoms with Crippen molar-refractivity contribution in [2.75, 3.05) is 0 Å². The third-order valence-corrected chi connectivity index (χ3v) is 7.66. The third kappa shape index (κ3) is 162. The molecule has 48 heavy (non-hydrogen) atoms. The molecule has 0 aromatic rings. The Kier molecular flexibility index (Phi) is 134. The molecule has 0 aliphatic carbocycles. The summed E-state index contributed by atoms with van der Waals surface area (Å²) in [6.07, 6.45) is 44.3. The lowest BCUT2D eigenvalue weighted by Crippen LogP contribution is -1.66. The van der Waals surface area contributed by atoms with Crippen molar-refractivity contribution in [3.05, 3.63) is 0 Å². The smallest absolute Gasteiger partial charge is 0.0536 e. The van der Waals surface area contributed by atoms with Crippen molar-refractivity contribution in [2.45, 2.75) is 316 Å². The standard InChI is InChI=1S/8C6H14/c8*1-3-5-6-4-2/h8*3-6H2,1-2H3. The van der Waals surface area contributed by atoms with Crippen LogP contribution in [0.1, 0.15) is 316 Å². The molecule has 0 spiro atoms. The summed E-state index contributed by atoms with van der Waals surface area (Å²) in [6.45, 7) is 35.7. The summed E-state index contributed by atoms with van der Waals surface area (Å²) < 4.78 is 0. The van der Waals surface area contributed by atoms with Gasteiger partial charge < -0.3 is 0 Å². The lowest BCUT2D eigenvalue weighted by Gasteiger charge is -1.86. The van der Waals surface area contributed by atoms with Gasteiger partial charge in [-0.05, 0) is 0 Å². The maximum absolute atomic E-state index is 2.23. The quantitative estimate of drug-likeness (QED) is 0.0885. The zero-order valence-electron chi connectivity index (χ0n) is 38.6. The second kappa shape index (κ2) is 97.1. The molecular weight excluding hydrogens is 577 g/mol. The second-order valence-corrected chi connectivity index (χ2v) is 13.7. The van der Waals surface area contributed by atoms with Crippen LogP contribution in [0.2, 0.25) is 0 Å². The highest BCUT2D eigenvalue weighted by atomic mass is 13.9. The molecule has 0 nitrogen and oxygen atoms in total. The molecule has 0 heterocycles. The van der Waals surface area contributed by atoms with Gasteiger partial charge in [0.2, 0.25) is 0 Å². The molecule has 0 rings (SSSR count). The molecule has 0 amide bonds. The van der Waals surface area contributed by atoms with E-state index in [1.54, 1.807) is 0 Å². The monoisotopic (exact) mass is 689 g/mol. The van der Waals surface area contributed by atoms with Gasteiger partial charge in [0.15, 0.2) is 0 Å². The molecule has 0 N–H and O–H groups in total. The highest BCUT2D eigenvalue weighted by molar-refractivity contribution is 4.35. The summed E-state index contributed by atoms with van der Waals surface area (Å²) in [5.74, 6) is 0. The van der Waals surface area contributed by atoms with Gasteiger partial charge in [0.1, 0.15) is 0 Å². The number of unbranched alkanes of at least 4 members (excludes halogenated alkanes) is 24. The van der Waals surface area contributed by atoms with Crippen LogP contribution in [0.5, 0.6) is 0 Å². The van der Waals surface area contributed by atoms with Gasteiger partial charge in [0.25, 0.3) is 0 Å². The Morgan fingerprint density at radius 3 is 0.167 bits per heavy atom. The Morgan fingerprint density at radius 2 is 0.146 bits per heavy atom. The topological polar surface area (TPSA) is 0 Å². The van der Waals surface area contributed by atoms with Crippen LogP contribution in [0.15, 0.2) is 0 Å². The molecule has 0 saturated heterocycles. The average Bonchev–Trinajstić information content (AvgIpc) is 3.12. The van der Waals surface area contributed by atoms with Gasteiger partial charge in [-0.1, -0.05) is 316 Å². The largest absolute Gasteiger partial charge is 0.0654 e. The van der Waals surface area contributed by atoms with E-state index in [0.717, 1.165) is 0 Å². The molecule has 0 saturated carbocycles. The van der Waals surface area contributed by atoms with Crippen LogP contribution in [0.4, 0.5) is 0 Å². The van der Waals surface area contributed by atoms with E-state index in [0.29, 0.717) is 0 Å². The first-order valence-corrected chi connectivity index (χ1v) is 23.3. The van der Waals surface area contributed by atoms with E-state index in [1.165, 1.54) is 205 Å². The first kappa shape index (κ1) is 66.3. The Hall–Kier alpha value is 0. The normalized spacial score (nSPS) is 9.00. The van der Waals surface area contributed by atoms with Crippen molar-refractivity contribution in [1.82, 2.24) is 0 Å². The fourth-order valence-electron chi connectivity index (χ4n) is 4.00. The molecule has 0 unspecified atom stereocenters. The maximum Gasteiger partial charge on any atom is -0.0536 e. The molecule has 0 heteroatoms. The van der Waals surface area contributed by atoms with E-state index in [1.807, 2.05) is 0 Å². The van der Waals surface area contributed by atoms with Crippen LogP contribution in [-0.2, 0) is 0 Å². The highest BCUT2D eigenvalue weighted by Gasteiger charge is 1.79. The molecule has 0 aliphatic heterocycles. The molecule has 0 bridgehead atoms. The summed E-state index contributed by atoms with van der Waals surface area (Å²) in [5, 5.41) is 0. The van der Waals surface area contributed by atoms with Crippen LogP contribution >= 0.6 is 0 Å². The summed E-state index contributed by atoms with van der Waals surface area (Å²) in [7, 11) is 0. The van der Waals surface area contributed by atoms with Crippen molar-refractivity contribution in [3.8, 4) is 0 Å². The second-order valence-electron chi connectivity index (χ2n) is 13.7. The van der Waals surface area contributed by atoms with E-state index in [-0.39, 0.29) is 0 Å². The lowest BCUT2D eigenvalue weighted by molar-refractivity contribution is 0.702. The Labute approximate surface area is 315 Å². The van der Waals surface area contributed by atoms with Crippen LogP contribution in [0.3, 0.4) is 0 Å². The lowest BCUT2D eigenvalue weighted by atomic mass is 10.2. The summed E-state index contributed by atoms with van der Waals surface area (Å²) in [6, 6.07) is 0. The minimum Gasteiger partial charge on any atom is -0.0654 e. The molecule has 0 atom stereocenters. The fraction of sp³-hybridized carbons (Fsp3) is 1.00. The highest BCUT2D eigenvalue weighted by Crippen LogP contribution is 1.99. The van der Waals surface area contributed by atoms with Gasteiger partial charge in [-0.15, -0.1) is 0 Å². The third-order valence-electron chi connectivity index (χ3n) is 7.66. The Morgan fingerprint density at radius 1 is 0.104 bits per heavy atom. The average molecular weight is 689 g/mol. The molecule has 0 radical (unpaired) electrons. The zero-order chi connectivity index (χ0) is 38.6. The molecule has 0 fully saturated rings. The SMILES string of the molecule is CCCCCC.CCCCCC.CCCCCC.CCCCCC.CCCCCC.CCCCCC.CCCCCC.CCCCCC. The first-order valence-electron chi connectivity index (χ1n) is 23.3. The molecule has 0 aliphatic rings. The minimum atomic E-state index is 1.36. The van der Waals surface area contributed by atoms with Crippen molar-refractivity contribution in [1.29, 1.82) is 0 Å². The maximum atomic E-state index is 2.23. The Balaban J connectivity index is -0.0000000635. The van der Waals surface area contributed by atoms with E-state index >= 15 is 0 Å². The van der Waals surface area contributed by atoms with E-state index in [4.69, 9.17) is 0 Å². The van der Waals surface area contributed by atoms with E-state index in [9.17, 15) is 0 Å². The van der Waals surface area contributed by atoms with Crippen LogP contribution in [0, 0.1) is 0 Å². The predicted molar refractivity (Wildman–Crippen MR) is 239 cm³/mol. The van der Waals surface area contributed by atoms with Crippen LogP contribution in [-0.4, -0.2) is 0 Å². The van der Waals surface area contributed by atoms with Crippen molar-refractivity contribution < 1.29 is 0 Å². The molecule has 0 aromatic carbocycles. The van der Waals surface area contributed by atoms with Crippen LogP contribution in [0.25, 0.3) is 0 Å². The first-order chi connectivity index (χ1) is 23.3. The van der Waals surface area contributed by atoms with Gasteiger partial charge in [0.05, 0.1) is 0 Å². The number of rotatable bonds is 24. The van der Waals surface area contributed by atoms with E-state index < -0.39 is 0 Å². The van der Waals surface area contributed by atoms with Crippen molar-refractivity contribution in [2.24, 2.45) is 0 Å². The van der Waals surface area contributed by atoms with Gasteiger partial charge in [-0.2, -0.15) is 0 Å². The zero-order valence-corrected chi connectivity index (χ0v) is 38.6. The number of hydrogen-bond acceptors (Lipinski definition) is 0. The van der Waals surface area contributed by atoms with Crippen molar-refractivity contribution >= 4 is 0 Å².